The predicted octanol–water partition coefficient (Wildman–Crippen LogP) is 0.0757. The van der Waals surface area contributed by atoms with Gasteiger partial charge >= 0.3 is 0 Å². The van der Waals surface area contributed by atoms with Crippen LogP contribution in [0.15, 0.2) is 0 Å². The molecule has 1 saturated heterocycles. The Bertz CT molecular complexity index is 265. The molecule has 0 radical (unpaired) electrons. The minimum Gasteiger partial charge on any atom is -0.329 e. The van der Waals surface area contributed by atoms with Crippen LogP contribution >= 0.6 is 12.4 Å². The van der Waals surface area contributed by atoms with Crippen molar-refractivity contribution in [2.45, 2.75) is 32.2 Å². The monoisotopic (exact) mass is 257 g/mol. The highest BCUT2D eigenvalue weighted by molar-refractivity contribution is 7.87. The molecule has 1 rings (SSSR count). The minimum atomic E-state index is -3.29. The molecular formula is C8H20ClN3O2S. The van der Waals surface area contributed by atoms with E-state index in [4.69, 9.17) is 5.73 Å². The average Bonchev–Trinajstić information content (AvgIpc) is 2.18. The first-order valence-electron chi connectivity index (χ1n) is 5.04. The van der Waals surface area contributed by atoms with Gasteiger partial charge in [-0.2, -0.15) is 17.4 Å². The number of nitrogens with one attached hydrogen (secondary N) is 1. The van der Waals surface area contributed by atoms with Crippen molar-refractivity contribution < 1.29 is 8.42 Å². The summed E-state index contributed by atoms with van der Waals surface area (Å²) in [4.78, 5) is 0. The van der Waals surface area contributed by atoms with Crippen LogP contribution in [0.25, 0.3) is 0 Å². The highest BCUT2D eigenvalue weighted by Crippen LogP contribution is 2.11. The molecule has 7 heteroatoms. The molecule has 1 atom stereocenters. The third-order valence-corrected chi connectivity index (χ3v) is 4.10. The van der Waals surface area contributed by atoms with Crippen molar-refractivity contribution in [3.05, 3.63) is 0 Å². The lowest BCUT2D eigenvalue weighted by Crippen LogP contribution is -2.48. The normalized spacial score (nSPS) is 20.7. The highest BCUT2D eigenvalue weighted by Gasteiger charge is 2.24. The lowest BCUT2D eigenvalue weighted by atomic mass is 10.2. The maximum absolute atomic E-state index is 11.7. The minimum absolute atomic E-state index is 0. The molecule has 1 aliphatic rings. The SMILES string of the molecule is C[C@H](CN)NS(=O)(=O)N1CCCCC1.Cl. The van der Waals surface area contributed by atoms with E-state index < -0.39 is 10.2 Å². The van der Waals surface area contributed by atoms with Crippen molar-refractivity contribution in [1.82, 2.24) is 9.03 Å². The standard InChI is InChI=1S/C8H19N3O2S.ClH/c1-8(7-9)10-14(12,13)11-5-3-2-4-6-11;/h8,10H,2-7,9H2,1H3;1H/t8-;/m1./s1. The van der Waals surface area contributed by atoms with Gasteiger partial charge in [0.2, 0.25) is 0 Å². The van der Waals surface area contributed by atoms with E-state index in [0.717, 1.165) is 19.3 Å². The first kappa shape index (κ1) is 15.1. The van der Waals surface area contributed by atoms with Gasteiger partial charge in [-0.3, -0.25) is 0 Å². The zero-order chi connectivity index (χ0) is 10.6. The van der Waals surface area contributed by atoms with Gasteiger partial charge in [0, 0.05) is 25.7 Å². The molecule has 15 heavy (non-hydrogen) atoms. The van der Waals surface area contributed by atoms with Crippen LogP contribution in [0.5, 0.6) is 0 Å². The number of nitrogens with zero attached hydrogens (tertiary/aromatic N) is 1. The fourth-order valence-corrected chi connectivity index (χ4v) is 2.97. The van der Waals surface area contributed by atoms with E-state index in [9.17, 15) is 8.42 Å². The summed E-state index contributed by atoms with van der Waals surface area (Å²) in [5.74, 6) is 0. The van der Waals surface area contributed by atoms with E-state index >= 15 is 0 Å². The second-order valence-electron chi connectivity index (χ2n) is 3.72. The maximum atomic E-state index is 11.7. The summed E-state index contributed by atoms with van der Waals surface area (Å²) in [5, 5.41) is 0. The summed E-state index contributed by atoms with van der Waals surface area (Å²) < 4.78 is 27.5. The Labute approximate surface area is 98.0 Å². The molecule has 0 aromatic rings. The lowest BCUT2D eigenvalue weighted by molar-refractivity contribution is 0.339. The van der Waals surface area contributed by atoms with Crippen LogP contribution in [0.1, 0.15) is 26.2 Å². The molecular weight excluding hydrogens is 238 g/mol. The van der Waals surface area contributed by atoms with Gasteiger partial charge in [0.1, 0.15) is 0 Å². The predicted molar refractivity (Wildman–Crippen MR) is 63.2 cm³/mol. The molecule has 0 aromatic carbocycles. The van der Waals surface area contributed by atoms with Gasteiger partial charge in [-0.25, -0.2) is 0 Å². The quantitative estimate of drug-likeness (QED) is 0.749. The van der Waals surface area contributed by atoms with Crippen molar-refractivity contribution >= 4 is 22.6 Å². The van der Waals surface area contributed by atoms with E-state index in [1.807, 2.05) is 0 Å². The lowest BCUT2D eigenvalue weighted by Gasteiger charge is -2.27. The van der Waals surface area contributed by atoms with Crippen LogP contribution in [-0.4, -0.2) is 38.4 Å². The summed E-state index contributed by atoms with van der Waals surface area (Å²) >= 11 is 0. The van der Waals surface area contributed by atoms with Crippen LogP contribution in [-0.2, 0) is 10.2 Å². The van der Waals surface area contributed by atoms with Gasteiger partial charge in [-0.05, 0) is 19.8 Å². The Kier molecular flexibility index (Phi) is 6.70. The molecule has 3 N–H and O–H groups in total. The number of halogens is 1. The largest absolute Gasteiger partial charge is 0.329 e. The fourth-order valence-electron chi connectivity index (χ4n) is 1.48. The number of nitrogens with two attached hydrogens (primary N) is 1. The average molecular weight is 258 g/mol. The Morgan fingerprint density at radius 3 is 2.33 bits per heavy atom. The van der Waals surface area contributed by atoms with Crippen LogP contribution in [0.3, 0.4) is 0 Å². The summed E-state index contributed by atoms with van der Waals surface area (Å²) in [7, 11) is -3.29. The van der Waals surface area contributed by atoms with E-state index in [-0.39, 0.29) is 18.4 Å². The molecule has 0 saturated carbocycles. The van der Waals surface area contributed by atoms with Gasteiger partial charge in [-0.1, -0.05) is 6.42 Å². The number of rotatable bonds is 4. The Morgan fingerprint density at radius 2 is 1.87 bits per heavy atom. The van der Waals surface area contributed by atoms with Crippen LogP contribution in [0.4, 0.5) is 0 Å². The first-order chi connectivity index (χ1) is 6.56. The third-order valence-electron chi connectivity index (χ3n) is 2.36. The van der Waals surface area contributed by atoms with E-state index in [1.165, 1.54) is 4.31 Å². The number of piperidine rings is 1. The first-order valence-corrected chi connectivity index (χ1v) is 6.48. The Balaban J connectivity index is 0.00000196. The molecule has 0 aromatic heterocycles. The molecule has 0 spiro atoms. The Hall–Kier alpha value is 0.120. The van der Waals surface area contributed by atoms with Gasteiger partial charge in [0.15, 0.2) is 0 Å². The van der Waals surface area contributed by atoms with Crippen molar-refractivity contribution in [3.8, 4) is 0 Å². The van der Waals surface area contributed by atoms with Gasteiger partial charge < -0.3 is 5.73 Å². The second kappa shape index (κ2) is 6.65. The highest BCUT2D eigenvalue weighted by atomic mass is 35.5. The van der Waals surface area contributed by atoms with Gasteiger partial charge in [-0.15, -0.1) is 12.4 Å². The summed E-state index contributed by atoms with van der Waals surface area (Å²) in [5.41, 5.74) is 5.36. The van der Waals surface area contributed by atoms with Crippen LogP contribution in [0.2, 0.25) is 0 Å². The van der Waals surface area contributed by atoms with Crippen molar-refractivity contribution in [2.24, 2.45) is 5.73 Å². The molecule has 0 bridgehead atoms. The van der Waals surface area contributed by atoms with Crippen LogP contribution < -0.4 is 10.5 Å². The molecule has 5 nitrogen and oxygen atoms in total. The molecule has 1 heterocycles. The second-order valence-corrected chi connectivity index (χ2v) is 5.42. The van der Waals surface area contributed by atoms with Crippen LogP contribution in [0, 0.1) is 0 Å². The summed E-state index contributed by atoms with van der Waals surface area (Å²) in [6, 6.07) is -0.193. The van der Waals surface area contributed by atoms with E-state index in [0.29, 0.717) is 19.6 Å². The molecule has 0 aliphatic carbocycles. The number of hydrogen-bond acceptors (Lipinski definition) is 3. The van der Waals surface area contributed by atoms with Gasteiger partial charge in [0.05, 0.1) is 0 Å². The molecule has 1 fully saturated rings. The maximum Gasteiger partial charge on any atom is 0.279 e. The summed E-state index contributed by atoms with van der Waals surface area (Å²) in [6.07, 6.45) is 3.04. The fraction of sp³-hybridized carbons (Fsp3) is 1.00. The topological polar surface area (TPSA) is 75.4 Å². The Morgan fingerprint density at radius 1 is 1.33 bits per heavy atom. The zero-order valence-electron chi connectivity index (χ0n) is 8.98. The molecule has 1 aliphatic heterocycles. The van der Waals surface area contributed by atoms with Crippen molar-refractivity contribution in [3.63, 3.8) is 0 Å². The zero-order valence-corrected chi connectivity index (χ0v) is 10.6. The van der Waals surface area contributed by atoms with E-state index in [2.05, 4.69) is 4.72 Å². The van der Waals surface area contributed by atoms with Crippen molar-refractivity contribution in [2.75, 3.05) is 19.6 Å². The van der Waals surface area contributed by atoms with E-state index in [1.54, 1.807) is 6.92 Å². The smallest absolute Gasteiger partial charge is 0.279 e. The van der Waals surface area contributed by atoms with Gasteiger partial charge in [0.25, 0.3) is 10.2 Å². The molecule has 0 unspecified atom stereocenters. The number of hydrogen-bond donors (Lipinski definition) is 2. The third kappa shape index (κ3) is 4.65. The molecule has 0 amide bonds. The van der Waals surface area contributed by atoms with Crippen molar-refractivity contribution in [1.29, 1.82) is 0 Å². The summed E-state index contributed by atoms with van der Waals surface area (Å²) in [6.45, 7) is 3.35. The molecule has 92 valence electrons.